The van der Waals surface area contributed by atoms with E-state index in [4.69, 9.17) is 22.7 Å². The number of halogens is 1. The Kier molecular flexibility index (Phi) is 3.82. The summed E-state index contributed by atoms with van der Waals surface area (Å²) < 4.78 is 18.7. The summed E-state index contributed by atoms with van der Waals surface area (Å²) in [5.41, 5.74) is 6.79. The third-order valence-corrected chi connectivity index (χ3v) is 3.77. The summed E-state index contributed by atoms with van der Waals surface area (Å²) in [4.78, 5) is 0.192. The SMILES string of the molecule is COC1(CNc2ccc(F)cc2C(N)=S)CCC1. The topological polar surface area (TPSA) is 47.3 Å². The highest BCUT2D eigenvalue weighted by atomic mass is 32.1. The van der Waals surface area contributed by atoms with Gasteiger partial charge < -0.3 is 15.8 Å². The Morgan fingerprint density at radius 2 is 2.28 bits per heavy atom. The maximum atomic E-state index is 13.2. The fourth-order valence-electron chi connectivity index (χ4n) is 2.15. The second-order valence-electron chi connectivity index (χ2n) is 4.65. The highest BCUT2D eigenvalue weighted by molar-refractivity contribution is 7.80. The number of rotatable bonds is 5. The molecule has 5 heteroatoms. The van der Waals surface area contributed by atoms with Crippen molar-refractivity contribution in [1.82, 2.24) is 0 Å². The first-order valence-corrected chi connectivity index (χ1v) is 6.35. The van der Waals surface area contributed by atoms with Crippen molar-refractivity contribution < 1.29 is 9.13 Å². The molecule has 1 aliphatic carbocycles. The Labute approximate surface area is 112 Å². The number of ether oxygens (including phenoxy) is 1. The van der Waals surface area contributed by atoms with Crippen LogP contribution in [0.5, 0.6) is 0 Å². The van der Waals surface area contributed by atoms with Crippen molar-refractivity contribution in [2.75, 3.05) is 19.0 Å². The number of nitrogens with one attached hydrogen (secondary N) is 1. The first-order chi connectivity index (χ1) is 8.56. The van der Waals surface area contributed by atoms with Gasteiger partial charge in [-0.1, -0.05) is 12.2 Å². The molecule has 0 heterocycles. The molecule has 0 aliphatic heterocycles. The first-order valence-electron chi connectivity index (χ1n) is 5.95. The summed E-state index contributed by atoms with van der Waals surface area (Å²) in [6.45, 7) is 0.685. The third-order valence-electron chi connectivity index (χ3n) is 3.55. The highest BCUT2D eigenvalue weighted by Crippen LogP contribution is 2.35. The number of anilines is 1. The summed E-state index contributed by atoms with van der Waals surface area (Å²) in [5.74, 6) is -0.339. The Balaban J connectivity index is 2.11. The molecule has 0 spiro atoms. The van der Waals surface area contributed by atoms with Crippen LogP contribution in [-0.2, 0) is 4.74 Å². The van der Waals surface area contributed by atoms with Gasteiger partial charge in [-0.3, -0.25) is 0 Å². The molecule has 0 saturated heterocycles. The Hall–Kier alpha value is -1.20. The Bertz CT molecular complexity index is 455. The van der Waals surface area contributed by atoms with Gasteiger partial charge in [0.05, 0.1) is 5.60 Å². The average molecular weight is 268 g/mol. The van der Waals surface area contributed by atoms with Gasteiger partial charge in [-0.25, -0.2) is 4.39 Å². The number of benzene rings is 1. The van der Waals surface area contributed by atoms with Crippen LogP contribution >= 0.6 is 12.2 Å². The van der Waals surface area contributed by atoms with Crippen LogP contribution in [0.15, 0.2) is 18.2 Å². The van der Waals surface area contributed by atoms with Crippen molar-refractivity contribution in [2.24, 2.45) is 5.73 Å². The van der Waals surface area contributed by atoms with Gasteiger partial charge in [-0.15, -0.1) is 0 Å². The number of thiocarbonyl (C=S) groups is 1. The molecule has 0 unspecified atom stereocenters. The zero-order chi connectivity index (χ0) is 13.2. The molecule has 18 heavy (non-hydrogen) atoms. The molecule has 1 fully saturated rings. The summed E-state index contributed by atoms with van der Waals surface area (Å²) in [5, 5.41) is 3.26. The predicted octanol–water partition coefficient (Wildman–Crippen LogP) is 2.44. The van der Waals surface area contributed by atoms with Crippen LogP contribution in [0, 0.1) is 5.82 Å². The maximum Gasteiger partial charge on any atom is 0.124 e. The monoisotopic (exact) mass is 268 g/mol. The van der Waals surface area contributed by atoms with Crippen LogP contribution in [0.1, 0.15) is 24.8 Å². The first kappa shape index (κ1) is 13.2. The molecule has 1 aromatic rings. The number of nitrogens with two attached hydrogens (primary N) is 1. The van der Waals surface area contributed by atoms with Crippen LogP contribution in [0.25, 0.3) is 0 Å². The van der Waals surface area contributed by atoms with Crippen LogP contribution in [0.4, 0.5) is 10.1 Å². The van der Waals surface area contributed by atoms with E-state index in [1.54, 1.807) is 13.2 Å². The van der Waals surface area contributed by atoms with E-state index in [-0.39, 0.29) is 16.4 Å². The average Bonchev–Trinajstić information content (AvgIpc) is 2.29. The van der Waals surface area contributed by atoms with Gasteiger partial charge in [0.1, 0.15) is 10.8 Å². The molecule has 1 saturated carbocycles. The van der Waals surface area contributed by atoms with Gasteiger partial charge in [0.2, 0.25) is 0 Å². The predicted molar refractivity (Wildman–Crippen MR) is 74.4 cm³/mol. The smallest absolute Gasteiger partial charge is 0.124 e. The van der Waals surface area contributed by atoms with Crippen LogP contribution < -0.4 is 11.1 Å². The fourth-order valence-corrected chi connectivity index (χ4v) is 2.32. The van der Waals surface area contributed by atoms with E-state index in [1.807, 2.05) is 0 Å². The molecule has 3 N–H and O–H groups in total. The zero-order valence-corrected chi connectivity index (χ0v) is 11.1. The largest absolute Gasteiger partial charge is 0.389 e. The van der Waals surface area contributed by atoms with Crippen LogP contribution in [0.3, 0.4) is 0 Å². The van der Waals surface area contributed by atoms with Crippen molar-refractivity contribution in [2.45, 2.75) is 24.9 Å². The normalized spacial score (nSPS) is 17.0. The maximum absolute atomic E-state index is 13.2. The van der Waals surface area contributed by atoms with E-state index < -0.39 is 0 Å². The van der Waals surface area contributed by atoms with Gasteiger partial charge in [-0.2, -0.15) is 0 Å². The summed E-state index contributed by atoms with van der Waals surface area (Å²) in [7, 11) is 1.72. The van der Waals surface area contributed by atoms with Crippen LogP contribution in [-0.4, -0.2) is 24.2 Å². The molecule has 0 amide bonds. The zero-order valence-electron chi connectivity index (χ0n) is 10.3. The second kappa shape index (κ2) is 5.20. The molecule has 98 valence electrons. The molecule has 0 radical (unpaired) electrons. The molecular formula is C13H17FN2OS. The quantitative estimate of drug-likeness (QED) is 0.805. The van der Waals surface area contributed by atoms with Crippen molar-refractivity contribution in [3.8, 4) is 0 Å². The van der Waals surface area contributed by atoms with Crippen LogP contribution in [0.2, 0.25) is 0 Å². The van der Waals surface area contributed by atoms with E-state index in [1.165, 1.54) is 18.6 Å². The van der Waals surface area contributed by atoms with Crippen molar-refractivity contribution in [3.05, 3.63) is 29.6 Å². The van der Waals surface area contributed by atoms with Crippen molar-refractivity contribution >= 4 is 22.9 Å². The standard InChI is InChI=1S/C13H17FN2OS/c1-17-13(5-2-6-13)8-16-11-4-3-9(14)7-10(11)12(15)18/h3-4,7,16H,2,5-6,8H2,1H3,(H2,15,18). The Morgan fingerprint density at radius 3 is 2.78 bits per heavy atom. The molecule has 1 aromatic carbocycles. The van der Waals surface area contributed by atoms with Gasteiger partial charge in [0, 0.05) is 24.9 Å². The van der Waals surface area contributed by atoms with E-state index in [0.717, 1.165) is 18.5 Å². The van der Waals surface area contributed by atoms with Gasteiger partial charge in [-0.05, 0) is 37.5 Å². The number of methoxy groups -OCH3 is 1. The molecule has 0 bridgehead atoms. The molecule has 3 nitrogen and oxygen atoms in total. The van der Waals surface area contributed by atoms with E-state index >= 15 is 0 Å². The summed E-state index contributed by atoms with van der Waals surface area (Å²) >= 11 is 4.93. The molecule has 2 rings (SSSR count). The summed E-state index contributed by atoms with van der Waals surface area (Å²) in [6.07, 6.45) is 3.27. The van der Waals surface area contributed by atoms with Gasteiger partial charge in [0.25, 0.3) is 0 Å². The second-order valence-corrected chi connectivity index (χ2v) is 5.09. The van der Waals surface area contributed by atoms with Gasteiger partial charge >= 0.3 is 0 Å². The lowest BCUT2D eigenvalue weighted by molar-refractivity contribution is -0.0601. The lowest BCUT2D eigenvalue weighted by atomic mass is 9.80. The summed E-state index contributed by atoms with van der Waals surface area (Å²) in [6, 6.07) is 4.40. The molecule has 1 aliphatic rings. The highest BCUT2D eigenvalue weighted by Gasteiger charge is 2.36. The van der Waals surface area contributed by atoms with Gasteiger partial charge in [0.15, 0.2) is 0 Å². The lowest BCUT2D eigenvalue weighted by Crippen LogP contribution is -2.45. The molecule has 0 aromatic heterocycles. The molecule has 0 atom stereocenters. The van der Waals surface area contributed by atoms with E-state index in [9.17, 15) is 4.39 Å². The third kappa shape index (κ3) is 2.62. The minimum atomic E-state index is -0.339. The minimum absolute atomic E-state index is 0.0954. The Morgan fingerprint density at radius 1 is 1.56 bits per heavy atom. The fraction of sp³-hybridized carbons (Fsp3) is 0.462. The van der Waals surface area contributed by atoms with Crippen molar-refractivity contribution in [3.63, 3.8) is 0 Å². The number of hydrogen-bond acceptors (Lipinski definition) is 3. The van der Waals surface area contributed by atoms with Crippen molar-refractivity contribution in [1.29, 1.82) is 0 Å². The van der Waals surface area contributed by atoms with E-state index in [2.05, 4.69) is 5.32 Å². The minimum Gasteiger partial charge on any atom is -0.389 e. The molecular weight excluding hydrogens is 251 g/mol. The lowest BCUT2D eigenvalue weighted by Gasteiger charge is -2.40. The number of hydrogen-bond donors (Lipinski definition) is 2. The van der Waals surface area contributed by atoms with E-state index in [0.29, 0.717) is 12.1 Å².